The van der Waals surface area contributed by atoms with Crippen LogP contribution in [0, 0.1) is 0 Å². The van der Waals surface area contributed by atoms with Crippen LogP contribution in [0.25, 0.3) is 0 Å². The lowest BCUT2D eigenvalue weighted by molar-refractivity contribution is -0.119. The summed E-state index contributed by atoms with van der Waals surface area (Å²) in [5.74, 6) is 0.602. The molecule has 134 valence electrons. The third-order valence-electron chi connectivity index (χ3n) is 3.79. The van der Waals surface area contributed by atoms with Crippen LogP contribution >= 0.6 is 23.1 Å². The van der Waals surface area contributed by atoms with E-state index in [0.717, 1.165) is 30.2 Å². The summed E-state index contributed by atoms with van der Waals surface area (Å²) in [5.41, 5.74) is 0. The average Bonchev–Trinajstić information content (AvgIpc) is 3.13. The number of nitrogens with zero attached hydrogens (tertiary/aromatic N) is 3. The van der Waals surface area contributed by atoms with Gasteiger partial charge in [-0.2, -0.15) is 0 Å². The van der Waals surface area contributed by atoms with Crippen molar-refractivity contribution in [2.45, 2.75) is 49.6 Å². The Morgan fingerprint density at radius 3 is 2.88 bits per heavy atom. The monoisotopic (exact) mass is 379 g/mol. The van der Waals surface area contributed by atoms with Crippen molar-refractivity contribution in [3.63, 3.8) is 0 Å². The van der Waals surface area contributed by atoms with Gasteiger partial charge in [-0.1, -0.05) is 17.8 Å². The van der Waals surface area contributed by atoms with Gasteiger partial charge in [-0.15, -0.1) is 21.5 Å². The number of carbonyl (C=O) groups excluding carboxylic acids is 2. The summed E-state index contributed by atoms with van der Waals surface area (Å²) in [6.45, 7) is 4.04. The van der Waals surface area contributed by atoms with E-state index in [1.165, 1.54) is 16.6 Å². The van der Waals surface area contributed by atoms with Crippen LogP contribution in [0.2, 0.25) is 0 Å². The molecule has 0 aromatic carbocycles. The van der Waals surface area contributed by atoms with Gasteiger partial charge in [-0.05, 0) is 38.1 Å². The van der Waals surface area contributed by atoms with Crippen molar-refractivity contribution in [2.75, 3.05) is 6.54 Å². The van der Waals surface area contributed by atoms with E-state index in [9.17, 15) is 9.59 Å². The highest BCUT2D eigenvalue weighted by atomic mass is 32.2. The minimum Gasteiger partial charge on any atom is -0.338 e. The fourth-order valence-corrected chi connectivity index (χ4v) is 4.05. The highest BCUT2D eigenvalue weighted by molar-refractivity contribution is 8.00. The predicted octanol–water partition coefficient (Wildman–Crippen LogP) is 2.59. The van der Waals surface area contributed by atoms with Crippen molar-refractivity contribution < 1.29 is 9.59 Å². The van der Waals surface area contributed by atoms with Crippen molar-refractivity contribution in [2.24, 2.45) is 0 Å². The zero-order chi connectivity index (χ0) is 17.8. The Kier molecular flexibility index (Phi) is 5.74. The van der Waals surface area contributed by atoms with E-state index in [4.69, 9.17) is 0 Å². The number of imide groups is 1. The topological polar surface area (TPSA) is 88.9 Å². The summed E-state index contributed by atoms with van der Waals surface area (Å²) in [5, 5.41) is 15.9. The first-order valence-corrected chi connectivity index (χ1v) is 10.1. The highest BCUT2D eigenvalue weighted by Crippen LogP contribution is 2.40. The van der Waals surface area contributed by atoms with E-state index in [2.05, 4.69) is 36.8 Å². The summed E-state index contributed by atoms with van der Waals surface area (Å²) in [6, 6.07) is 4.07. The lowest BCUT2D eigenvalue weighted by Gasteiger charge is -2.13. The quantitative estimate of drug-likeness (QED) is 0.722. The van der Waals surface area contributed by atoms with Crippen molar-refractivity contribution >= 4 is 35.0 Å². The number of aromatic nitrogens is 3. The number of carbonyl (C=O) groups is 2. The summed E-state index contributed by atoms with van der Waals surface area (Å²) in [6.07, 6.45) is 2.98. The molecule has 3 rings (SSSR count). The Balaban J connectivity index is 1.68. The third-order valence-corrected chi connectivity index (χ3v) is 5.72. The molecule has 0 bridgehead atoms. The van der Waals surface area contributed by atoms with Gasteiger partial charge in [-0.3, -0.25) is 10.1 Å². The molecule has 7 nitrogen and oxygen atoms in total. The molecule has 2 aromatic heterocycles. The zero-order valence-electron chi connectivity index (χ0n) is 14.2. The van der Waals surface area contributed by atoms with Crippen LogP contribution in [0.5, 0.6) is 0 Å². The Morgan fingerprint density at radius 2 is 2.24 bits per heavy atom. The molecule has 1 aliphatic rings. The van der Waals surface area contributed by atoms with Crippen LogP contribution in [-0.2, 0) is 11.2 Å². The molecule has 0 aliphatic heterocycles. The highest BCUT2D eigenvalue weighted by Gasteiger charge is 2.31. The molecule has 2 N–H and O–H groups in total. The summed E-state index contributed by atoms with van der Waals surface area (Å²) >= 11 is 3.04. The van der Waals surface area contributed by atoms with Crippen molar-refractivity contribution in [3.05, 3.63) is 28.2 Å². The smallest absolute Gasteiger partial charge is 0.321 e. The maximum Gasteiger partial charge on any atom is 0.321 e. The van der Waals surface area contributed by atoms with E-state index < -0.39 is 11.3 Å². The van der Waals surface area contributed by atoms with Crippen LogP contribution in [0.15, 0.2) is 22.7 Å². The number of rotatable bonds is 7. The standard InChI is InChI=1S/C16H21N5O2S2/c1-3-17-15(23)18-14(22)10(2)25-16-20-19-13(21(16)11-6-7-11)9-12-5-4-8-24-12/h4-5,8,10-11H,3,6-7,9H2,1-2H3,(H2,17,18,22,23). The fraction of sp³-hybridized carbons (Fsp3) is 0.500. The van der Waals surface area contributed by atoms with Gasteiger partial charge >= 0.3 is 6.03 Å². The van der Waals surface area contributed by atoms with Gasteiger partial charge < -0.3 is 9.88 Å². The van der Waals surface area contributed by atoms with Gasteiger partial charge in [0.15, 0.2) is 5.16 Å². The minimum atomic E-state index is -0.470. The number of urea groups is 1. The average molecular weight is 380 g/mol. The normalized spacial score (nSPS) is 15.0. The molecule has 1 aliphatic carbocycles. The first-order valence-electron chi connectivity index (χ1n) is 8.30. The molecule has 1 unspecified atom stereocenters. The zero-order valence-corrected chi connectivity index (χ0v) is 15.8. The molecular weight excluding hydrogens is 358 g/mol. The van der Waals surface area contributed by atoms with Gasteiger partial charge in [-0.25, -0.2) is 4.79 Å². The van der Waals surface area contributed by atoms with Crippen molar-refractivity contribution in [3.8, 4) is 0 Å². The van der Waals surface area contributed by atoms with E-state index in [-0.39, 0.29) is 5.91 Å². The summed E-state index contributed by atoms with van der Waals surface area (Å²) < 4.78 is 2.15. The maximum atomic E-state index is 12.1. The Hall–Kier alpha value is -1.87. The van der Waals surface area contributed by atoms with Crippen molar-refractivity contribution in [1.29, 1.82) is 0 Å². The van der Waals surface area contributed by atoms with E-state index in [1.54, 1.807) is 25.2 Å². The number of thiophene rings is 1. The number of amides is 3. The van der Waals surface area contributed by atoms with Gasteiger partial charge in [0.2, 0.25) is 5.91 Å². The SMILES string of the molecule is CCNC(=O)NC(=O)C(C)Sc1nnc(Cc2cccs2)n1C1CC1. The predicted molar refractivity (Wildman–Crippen MR) is 98.0 cm³/mol. The number of thioether (sulfide) groups is 1. The van der Waals surface area contributed by atoms with Gasteiger partial charge in [0.05, 0.1) is 5.25 Å². The molecule has 0 radical (unpaired) electrons. The molecule has 3 amide bonds. The summed E-state index contributed by atoms with van der Waals surface area (Å²) in [7, 11) is 0. The van der Waals surface area contributed by atoms with Crippen LogP contribution in [-0.4, -0.2) is 38.5 Å². The summed E-state index contributed by atoms with van der Waals surface area (Å²) in [4.78, 5) is 24.9. The number of nitrogens with one attached hydrogen (secondary N) is 2. The molecule has 1 saturated carbocycles. The van der Waals surface area contributed by atoms with Crippen molar-refractivity contribution in [1.82, 2.24) is 25.4 Å². The molecule has 9 heteroatoms. The second-order valence-electron chi connectivity index (χ2n) is 5.86. The van der Waals surface area contributed by atoms with Crippen LogP contribution in [0.1, 0.15) is 43.4 Å². The largest absolute Gasteiger partial charge is 0.338 e. The first-order chi connectivity index (χ1) is 12.1. The third kappa shape index (κ3) is 4.60. The van der Waals surface area contributed by atoms with E-state index in [1.807, 2.05) is 6.07 Å². The Bertz CT molecular complexity index is 740. The van der Waals surface area contributed by atoms with Crippen LogP contribution in [0.3, 0.4) is 0 Å². The molecule has 0 spiro atoms. The second kappa shape index (κ2) is 8.01. The lowest BCUT2D eigenvalue weighted by Crippen LogP contribution is -2.42. The first kappa shape index (κ1) is 17.9. The van der Waals surface area contributed by atoms with E-state index in [0.29, 0.717) is 12.6 Å². The minimum absolute atomic E-state index is 0.332. The molecule has 0 saturated heterocycles. The lowest BCUT2D eigenvalue weighted by atomic mass is 10.3. The van der Waals surface area contributed by atoms with Crippen LogP contribution < -0.4 is 10.6 Å². The molecular formula is C16H21N5O2S2. The fourth-order valence-electron chi connectivity index (χ4n) is 2.41. The van der Waals surface area contributed by atoms with Gasteiger partial charge in [0.25, 0.3) is 0 Å². The van der Waals surface area contributed by atoms with Crippen LogP contribution in [0.4, 0.5) is 4.79 Å². The van der Waals surface area contributed by atoms with Gasteiger partial charge in [0, 0.05) is 23.9 Å². The molecule has 2 aromatic rings. The maximum absolute atomic E-state index is 12.1. The van der Waals surface area contributed by atoms with Gasteiger partial charge in [0.1, 0.15) is 5.82 Å². The number of hydrogen-bond acceptors (Lipinski definition) is 6. The Labute approximate surface area is 154 Å². The van der Waals surface area contributed by atoms with E-state index >= 15 is 0 Å². The molecule has 1 fully saturated rings. The molecule has 25 heavy (non-hydrogen) atoms. The molecule has 2 heterocycles. The number of hydrogen-bond donors (Lipinski definition) is 2. The second-order valence-corrected chi connectivity index (χ2v) is 8.21. The molecule has 1 atom stereocenters. The Morgan fingerprint density at radius 1 is 1.44 bits per heavy atom.